The lowest BCUT2D eigenvalue weighted by Crippen LogP contribution is -2.17. The molecule has 2 aromatic carbocycles. The van der Waals surface area contributed by atoms with Crippen LogP contribution in [-0.2, 0) is 16.6 Å². The van der Waals surface area contributed by atoms with E-state index in [0.29, 0.717) is 11.3 Å². The SMILES string of the molecule is Cc1cc(C(C)(C)C)cc(OC(=O)c2ccccc2)c1CC(=O)C1=CCCC=C1. The zero-order chi connectivity index (χ0) is 21.0. The molecule has 3 nitrogen and oxygen atoms in total. The van der Waals surface area contributed by atoms with Crippen molar-refractivity contribution < 1.29 is 14.3 Å². The standard InChI is InChI=1S/C26H28O3/c1-18-15-21(26(2,3)4)16-24(29-25(28)20-13-9-6-10-14-20)22(18)17-23(27)19-11-7-5-8-12-19/h6-7,9-16H,5,8,17H2,1-4H3. The van der Waals surface area contributed by atoms with Gasteiger partial charge in [-0.15, -0.1) is 0 Å². The van der Waals surface area contributed by atoms with Crippen molar-refractivity contribution in [2.75, 3.05) is 0 Å². The Morgan fingerprint density at radius 1 is 1.03 bits per heavy atom. The second kappa shape index (κ2) is 8.60. The minimum atomic E-state index is -0.415. The topological polar surface area (TPSA) is 43.4 Å². The largest absolute Gasteiger partial charge is 0.423 e. The minimum Gasteiger partial charge on any atom is -0.423 e. The zero-order valence-electron chi connectivity index (χ0n) is 17.6. The Kier molecular flexibility index (Phi) is 6.17. The quantitative estimate of drug-likeness (QED) is 0.473. The average Bonchev–Trinajstić information content (AvgIpc) is 2.70. The van der Waals surface area contributed by atoms with E-state index < -0.39 is 5.97 Å². The first-order valence-electron chi connectivity index (χ1n) is 10.1. The molecule has 0 saturated heterocycles. The lowest BCUT2D eigenvalue weighted by atomic mass is 9.84. The molecular weight excluding hydrogens is 360 g/mol. The highest BCUT2D eigenvalue weighted by Crippen LogP contribution is 2.33. The van der Waals surface area contributed by atoms with Crippen molar-refractivity contribution in [3.63, 3.8) is 0 Å². The number of Topliss-reactive ketones (excluding diaryl/α,β-unsaturated/α-hetero) is 1. The molecule has 3 heteroatoms. The van der Waals surface area contributed by atoms with Gasteiger partial charge in [0.2, 0.25) is 0 Å². The van der Waals surface area contributed by atoms with Gasteiger partial charge in [0.25, 0.3) is 0 Å². The van der Waals surface area contributed by atoms with E-state index in [1.807, 2.05) is 37.3 Å². The zero-order valence-corrected chi connectivity index (χ0v) is 17.6. The van der Waals surface area contributed by atoms with Crippen molar-refractivity contribution in [3.05, 3.63) is 88.5 Å². The van der Waals surface area contributed by atoms with Crippen molar-refractivity contribution in [1.29, 1.82) is 0 Å². The van der Waals surface area contributed by atoms with E-state index in [9.17, 15) is 9.59 Å². The fraction of sp³-hybridized carbons (Fsp3) is 0.308. The van der Waals surface area contributed by atoms with Crippen LogP contribution in [0.4, 0.5) is 0 Å². The normalized spacial score (nSPS) is 13.7. The molecule has 1 aliphatic carbocycles. The van der Waals surface area contributed by atoms with Crippen LogP contribution in [-0.4, -0.2) is 11.8 Å². The third-order valence-electron chi connectivity index (χ3n) is 5.16. The van der Waals surface area contributed by atoms with Gasteiger partial charge in [0.15, 0.2) is 5.78 Å². The maximum Gasteiger partial charge on any atom is 0.343 e. The summed E-state index contributed by atoms with van der Waals surface area (Å²) >= 11 is 0. The van der Waals surface area contributed by atoms with Crippen LogP contribution in [0.5, 0.6) is 5.75 Å². The van der Waals surface area contributed by atoms with E-state index in [1.165, 1.54) is 0 Å². The van der Waals surface area contributed by atoms with Gasteiger partial charge in [-0.3, -0.25) is 4.79 Å². The van der Waals surface area contributed by atoms with Gasteiger partial charge in [0.1, 0.15) is 5.75 Å². The number of carbonyl (C=O) groups excluding carboxylic acids is 2. The number of benzene rings is 2. The van der Waals surface area contributed by atoms with Gasteiger partial charge in [-0.05, 0) is 54.5 Å². The number of esters is 1. The molecule has 0 atom stereocenters. The van der Waals surface area contributed by atoms with Gasteiger partial charge < -0.3 is 4.74 Å². The molecule has 2 aromatic rings. The van der Waals surface area contributed by atoms with Crippen molar-refractivity contribution in [2.45, 2.75) is 52.4 Å². The molecule has 0 aromatic heterocycles. The second-order valence-electron chi connectivity index (χ2n) is 8.51. The molecule has 0 aliphatic heterocycles. The van der Waals surface area contributed by atoms with Gasteiger partial charge in [0, 0.05) is 17.6 Å². The lowest BCUT2D eigenvalue weighted by molar-refractivity contribution is -0.114. The van der Waals surface area contributed by atoms with E-state index >= 15 is 0 Å². The summed E-state index contributed by atoms with van der Waals surface area (Å²) in [4.78, 5) is 25.5. The third kappa shape index (κ3) is 5.11. The minimum absolute atomic E-state index is 0.0459. The number of rotatable bonds is 5. The molecular formula is C26H28O3. The molecule has 0 amide bonds. The molecule has 0 radical (unpaired) electrons. The van der Waals surface area contributed by atoms with Crippen LogP contribution in [0.15, 0.2) is 66.3 Å². The highest BCUT2D eigenvalue weighted by atomic mass is 16.5. The van der Waals surface area contributed by atoms with Gasteiger partial charge in [-0.2, -0.15) is 0 Å². The number of allylic oxidation sites excluding steroid dienone is 4. The first-order valence-corrected chi connectivity index (χ1v) is 10.1. The summed E-state index contributed by atoms with van der Waals surface area (Å²) < 4.78 is 5.81. The molecule has 0 heterocycles. The van der Waals surface area contributed by atoms with Crippen LogP contribution in [0.1, 0.15) is 60.7 Å². The highest BCUT2D eigenvalue weighted by Gasteiger charge is 2.22. The molecule has 0 unspecified atom stereocenters. The Morgan fingerprint density at radius 2 is 1.76 bits per heavy atom. The highest BCUT2D eigenvalue weighted by molar-refractivity contribution is 6.00. The van der Waals surface area contributed by atoms with E-state index in [1.54, 1.807) is 24.3 Å². The molecule has 1 aliphatic rings. The van der Waals surface area contributed by atoms with Crippen LogP contribution in [0, 0.1) is 6.92 Å². The molecule has 29 heavy (non-hydrogen) atoms. The van der Waals surface area contributed by atoms with Crippen LogP contribution in [0.25, 0.3) is 0 Å². The van der Waals surface area contributed by atoms with Crippen LogP contribution in [0.3, 0.4) is 0 Å². The Balaban J connectivity index is 1.97. The summed E-state index contributed by atoms with van der Waals surface area (Å²) in [6.07, 6.45) is 7.96. The molecule has 0 bridgehead atoms. The summed E-state index contributed by atoms with van der Waals surface area (Å²) in [6.45, 7) is 8.33. The monoisotopic (exact) mass is 388 g/mol. The Morgan fingerprint density at radius 3 is 2.38 bits per heavy atom. The van der Waals surface area contributed by atoms with Gasteiger partial charge in [-0.1, -0.05) is 63.3 Å². The van der Waals surface area contributed by atoms with Crippen molar-refractivity contribution >= 4 is 11.8 Å². The van der Waals surface area contributed by atoms with E-state index in [-0.39, 0.29) is 17.6 Å². The maximum absolute atomic E-state index is 12.8. The molecule has 0 fully saturated rings. The molecule has 150 valence electrons. The summed E-state index contributed by atoms with van der Waals surface area (Å²) in [5.41, 5.74) is 3.92. The molecule has 0 N–H and O–H groups in total. The van der Waals surface area contributed by atoms with Crippen LogP contribution in [0.2, 0.25) is 0 Å². The summed E-state index contributed by atoms with van der Waals surface area (Å²) in [7, 11) is 0. The first kappa shape index (κ1) is 20.8. The Hall–Kier alpha value is -2.94. The second-order valence-corrected chi connectivity index (χ2v) is 8.51. The van der Waals surface area contributed by atoms with Crippen molar-refractivity contribution in [1.82, 2.24) is 0 Å². The lowest BCUT2D eigenvalue weighted by Gasteiger charge is -2.23. The van der Waals surface area contributed by atoms with E-state index in [4.69, 9.17) is 4.74 Å². The summed E-state index contributed by atoms with van der Waals surface area (Å²) in [5.74, 6) is 0.101. The average molecular weight is 389 g/mol. The fourth-order valence-electron chi connectivity index (χ4n) is 3.35. The fourth-order valence-corrected chi connectivity index (χ4v) is 3.35. The molecule has 0 spiro atoms. The van der Waals surface area contributed by atoms with Gasteiger partial charge in [0.05, 0.1) is 5.56 Å². The smallest absolute Gasteiger partial charge is 0.343 e. The predicted molar refractivity (Wildman–Crippen MR) is 116 cm³/mol. The molecule has 3 rings (SSSR count). The maximum atomic E-state index is 12.8. The number of ether oxygens (including phenoxy) is 1. The predicted octanol–water partition coefficient (Wildman–Crippen LogP) is 5.90. The van der Waals surface area contributed by atoms with Crippen molar-refractivity contribution in [3.8, 4) is 5.75 Å². The number of carbonyl (C=O) groups is 2. The number of hydrogen-bond acceptors (Lipinski definition) is 3. The van der Waals surface area contributed by atoms with Gasteiger partial charge >= 0.3 is 5.97 Å². The van der Waals surface area contributed by atoms with Crippen molar-refractivity contribution in [2.24, 2.45) is 0 Å². The van der Waals surface area contributed by atoms with Gasteiger partial charge in [-0.25, -0.2) is 4.79 Å². The Bertz CT molecular complexity index is 973. The number of aryl methyl sites for hydroxylation is 1. The molecule has 0 saturated carbocycles. The first-order chi connectivity index (χ1) is 13.8. The number of ketones is 1. The van der Waals surface area contributed by atoms with Crippen LogP contribution >= 0.6 is 0 Å². The summed E-state index contributed by atoms with van der Waals surface area (Å²) in [5, 5.41) is 0. The Labute approximate surface area is 173 Å². The van der Waals surface area contributed by atoms with E-state index in [2.05, 4.69) is 26.8 Å². The van der Waals surface area contributed by atoms with E-state index in [0.717, 1.165) is 35.1 Å². The summed E-state index contributed by atoms with van der Waals surface area (Å²) in [6, 6.07) is 12.9. The van der Waals surface area contributed by atoms with Crippen LogP contribution < -0.4 is 4.74 Å². The number of hydrogen-bond donors (Lipinski definition) is 0. The third-order valence-corrected chi connectivity index (χ3v) is 5.16.